The molecular formula is C24H42O2. The van der Waals surface area contributed by atoms with Crippen LogP contribution in [0.3, 0.4) is 0 Å². The Morgan fingerprint density at radius 3 is 1.50 bits per heavy atom. The van der Waals surface area contributed by atoms with Crippen molar-refractivity contribution in [2.45, 2.75) is 112 Å². The summed E-state index contributed by atoms with van der Waals surface area (Å²) in [6.07, 6.45) is 16.1. The molecule has 4 saturated carbocycles. The standard InChI is InChI=1S/2C11H18O.C2H6/c1-8(2)10(12)9-6-11(7-9)4-3-5-11;1-9(12)10-7-11(8-10)5-3-2-4-6-11;1-2/h8-9H,3-7H2,1-2H3;10H,2-8H2,1H3;1-2H3. The Kier molecular flexibility index (Phi) is 7.51. The zero-order valence-corrected chi connectivity index (χ0v) is 18.0. The minimum absolute atomic E-state index is 0.257. The lowest BCUT2D eigenvalue weighted by molar-refractivity contribution is -0.137. The Bertz CT molecular complexity index is 464. The Morgan fingerprint density at radius 2 is 1.15 bits per heavy atom. The van der Waals surface area contributed by atoms with Crippen LogP contribution in [0.5, 0.6) is 0 Å². The van der Waals surface area contributed by atoms with Crippen molar-refractivity contribution >= 4 is 11.6 Å². The number of ketones is 2. The van der Waals surface area contributed by atoms with Gasteiger partial charge in [0.1, 0.15) is 11.6 Å². The van der Waals surface area contributed by atoms with Crippen LogP contribution in [0.2, 0.25) is 0 Å². The van der Waals surface area contributed by atoms with E-state index < -0.39 is 0 Å². The molecule has 4 aliphatic carbocycles. The average molecular weight is 363 g/mol. The predicted octanol–water partition coefficient (Wildman–Crippen LogP) is 6.75. The molecule has 0 bridgehead atoms. The van der Waals surface area contributed by atoms with Gasteiger partial charge in [-0.1, -0.05) is 53.4 Å². The van der Waals surface area contributed by atoms with Gasteiger partial charge in [0, 0.05) is 17.8 Å². The summed E-state index contributed by atoms with van der Waals surface area (Å²) in [6.45, 7) is 9.79. The van der Waals surface area contributed by atoms with E-state index in [1.54, 1.807) is 6.92 Å². The van der Waals surface area contributed by atoms with Crippen LogP contribution in [0.1, 0.15) is 112 Å². The molecule has 2 spiro atoms. The Morgan fingerprint density at radius 1 is 0.731 bits per heavy atom. The van der Waals surface area contributed by atoms with E-state index in [-0.39, 0.29) is 5.92 Å². The van der Waals surface area contributed by atoms with Gasteiger partial charge in [-0.15, -0.1) is 0 Å². The third-order valence-corrected chi connectivity index (χ3v) is 7.59. The molecule has 0 radical (unpaired) electrons. The molecule has 26 heavy (non-hydrogen) atoms. The first-order valence-electron chi connectivity index (χ1n) is 11.4. The van der Waals surface area contributed by atoms with Crippen LogP contribution in [0.25, 0.3) is 0 Å². The number of carbonyl (C=O) groups is 2. The van der Waals surface area contributed by atoms with Gasteiger partial charge in [-0.2, -0.15) is 0 Å². The van der Waals surface area contributed by atoms with Gasteiger partial charge in [0.15, 0.2) is 0 Å². The SMILES string of the molecule is CC.CC(=O)C1CC2(CCCCC2)C1.CC(C)C(=O)C1CC2(CCC2)C1. The largest absolute Gasteiger partial charge is 0.300 e. The monoisotopic (exact) mass is 362 g/mol. The van der Waals surface area contributed by atoms with Gasteiger partial charge in [-0.25, -0.2) is 0 Å². The van der Waals surface area contributed by atoms with E-state index in [0.717, 1.165) is 0 Å². The van der Waals surface area contributed by atoms with Crippen molar-refractivity contribution in [3.8, 4) is 0 Å². The highest BCUT2D eigenvalue weighted by atomic mass is 16.1. The summed E-state index contributed by atoms with van der Waals surface area (Å²) in [7, 11) is 0. The normalized spacial score (nSPS) is 27.8. The molecule has 0 atom stereocenters. The van der Waals surface area contributed by atoms with Crippen LogP contribution < -0.4 is 0 Å². The Balaban J connectivity index is 0.000000171. The molecule has 2 nitrogen and oxygen atoms in total. The maximum Gasteiger partial charge on any atom is 0.138 e. The lowest BCUT2D eigenvalue weighted by Gasteiger charge is -2.54. The van der Waals surface area contributed by atoms with Gasteiger partial charge in [0.2, 0.25) is 0 Å². The Labute approximate surface area is 161 Å². The molecule has 0 aromatic carbocycles. The van der Waals surface area contributed by atoms with Crippen molar-refractivity contribution in [2.24, 2.45) is 28.6 Å². The molecule has 0 unspecified atom stereocenters. The molecule has 4 aliphatic rings. The van der Waals surface area contributed by atoms with Crippen LogP contribution in [-0.4, -0.2) is 11.6 Å². The number of rotatable bonds is 3. The van der Waals surface area contributed by atoms with Crippen LogP contribution in [0.4, 0.5) is 0 Å². The molecule has 0 aromatic heterocycles. The fraction of sp³-hybridized carbons (Fsp3) is 0.917. The summed E-state index contributed by atoms with van der Waals surface area (Å²) in [6, 6.07) is 0. The first-order chi connectivity index (χ1) is 12.3. The topological polar surface area (TPSA) is 34.1 Å². The summed E-state index contributed by atoms with van der Waals surface area (Å²) >= 11 is 0. The van der Waals surface area contributed by atoms with Crippen LogP contribution in [-0.2, 0) is 9.59 Å². The smallest absolute Gasteiger partial charge is 0.138 e. The minimum atomic E-state index is 0.257. The number of hydrogen-bond acceptors (Lipinski definition) is 2. The second kappa shape index (κ2) is 9.02. The number of carbonyl (C=O) groups excluding carboxylic acids is 2. The van der Waals surface area contributed by atoms with Gasteiger partial charge in [-0.3, -0.25) is 9.59 Å². The molecule has 0 saturated heterocycles. The van der Waals surface area contributed by atoms with Gasteiger partial charge >= 0.3 is 0 Å². The molecule has 4 rings (SSSR count). The molecule has 0 aromatic rings. The highest BCUT2D eigenvalue weighted by Crippen LogP contribution is 2.59. The van der Waals surface area contributed by atoms with E-state index >= 15 is 0 Å². The zero-order valence-electron chi connectivity index (χ0n) is 18.0. The molecule has 150 valence electrons. The summed E-state index contributed by atoms with van der Waals surface area (Å²) in [5.41, 5.74) is 1.30. The molecule has 0 amide bonds. The van der Waals surface area contributed by atoms with Crippen LogP contribution >= 0.6 is 0 Å². The highest BCUT2D eigenvalue weighted by molar-refractivity contribution is 5.83. The summed E-state index contributed by atoms with van der Waals surface area (Å²) in [5, 5.41) is 0. The van der Waals surface area contributed by atoms with Crippen LogP contribution in [0.15, 0.2) is 0 Å². The summed E-state index contributed by atoms with van der Waals surface area (Å²) < 4.78 is 0. The molecule has 0 aliphatic heterocycles. The van der Waals surface area contributed by atoms with Crippen LogP contribution in [0, 0.1) is 28.6 Å². The maximum atomic E-state index is 11.6. The van der Waals surface area contributed by atoms with E-state index in [0.29, 0.717) is 34.2 Å². The first kappa shape index (κ1) is 21.6. The van der Waals surface area contributed by atoms with Crippen molar-refractivity contribution < 1.29 is 9.59 Å². The van der Waals surface area contributed by atoms with E-state index in [2.05, 4.69) is 0 Å². The second-order valence-electron chi connectivity index (χ2n) is 9.79. The molecule has 2 heteroatoms. The van der Waals surface area contributed by atoms with E-state index in [4.69, 9.17) is 0 Å². The maximum absolute atomic E-state index is 11.6. The van der Waals surface area contributed by atoms with Gasteiger partial charge in [0.25, 0.3) is 0 Å². The summed E-state index contributed by atoms with van der Waals surface area (Å²) in [5.74, 6) is 2.06. The molecular weight excluding hydrogens is 320 g/mol. The van der Waals surface area contributed by atoms with Gasteiger partial charge in [0.05, 0.1) is 0 Å². The predicted molar refractivity (Wildman–Crippen MR) is 109 cm³/mol. The average Bonchev–Trinajstić information content (AvgIpc) is 2.53. The number of hydrogen-bond donors (Lipinski definition) is 0. The highest BCUT2D eigenvalue weighted by Gasteiger charge is 2.50. The van der Waals surface area contributed by atoms with Gasteiger partial charge < -0.3 is 0 Å². The zero-order chi connectivity index (χ0) is 19.4. The Hall–Kier alpha value is -0.660. The molecule has 0 heterocycles. The lowest BCUT2D eigenvalue weighted by atomic mass is 9.50. The van der Waals surface area contributed by atoms with Crippen molar-refractivity contribution in [3.63, 3.8) is 0 Å². The quantitative estimate of drug-likeness (QED) is 0.556. The second-order valence-corrected chi connectivity index (χ2v) is 9.79. The third-order valence-electron chi connectivity index (χ3n) is 7.59. The van der Waals surface area contributed by atoms with Crippen molar-refractivity contribution in [2.75, 3.05) is 0 Å². The molecule has 0 N–H and O–H groups in total. The number of Topliss-reactive ketones (excluding diaryl/α,β-unsaturated/α-hetero) is 2. The fourth-order valence-electron chi connectivity index (χ4n) is 5.73. The van der Waals surface area contributed by atoms with Gasteiger partial charge in [-0.05, 0) is 69.1 Å². The van der Waals surface area contributed by atoms with Crippen molar-refractivity contribution in [1.82, 2.24) is 0 Å². The van der Waals surface area contributed by atoms with E-state index in [1.165, 1.54) is 77.0 Å². The first-order valence-corrected chi connectivity index (χ1v) is 11.4. The minimum Gasteiger partial charge on any atom is -0.300 e. The van der Waals surface area contributed by atoms with E-state index in [1.807, 2.05) is 27.7 Å². The lowest BCUT2D eigenvalue weighted by Crippen LogP contribution is -2.46. The van der Waals surface area contributed by atoms with E-state index in [9.17, 15) is 9.59 Å². The summed E-state index contributed by atoms with van der Waals surface area (Å²) in [4.78, 5) is 22.6. The van der Waals surface area contributed by atoms with Crippen molar-refractivity contribution in [3.05, 3.63) is 0 Å². The molecule has 4 fully saturated rings. The van der Waals surface area contributed by atoms with Crippen molar-refractivity contribution in [1.29, 1.82) is 0 Å². The third kappa shape index (κ3) is 4.78. The fourth-order valence-corrected chi connectivity index (χ4v) is 5.73.